The Balaban J connectivity index is 2.36. The number of rotatable bonds is 3. The van der Waals surface area contributed by atoms with Crippen molar-refractivity contribution in [2.45, 2.75) is 18.9 Å². The van der Waals surface area contributed by atoms with Gasteiger partial charge in [0.15, 0.2) is 0 Å². The predicted octanol–water partition coefficient (Wildman–Crippen LogP) is 3.24. The van der Waals surface area contributed by atoms with Gasteiger partial charge in [-0.2, -0.15) is 5.26 Å². The summed E-state index contributed by atoms with van der Waals surface area (Å²) in [6.45, 7) is 1.88. The number of hydrogen-bond donors (Lipinski definition) is 1. The third-order valence-corrected chi connectivity index (χ3v) is 4.95. The molecule has 0 aliphatic rings. The molecule has 0 bridgehead atoms. The number of halogens is 2. The summed E-state index contributed by atoms with van der Waals surface area (Å²) in [4.78, 5) is 8.83. The zero-order valence-corrected chi connectivity index (χ0v) is 13.2. The van der Waals surface area contributed by atoms with Crippen molar-refractivity contribution in [2.75, 3.05) is 0 Å². The molecule has 0 amide bonds. The fraction of sp³-hybridized carbons (Fsp3) is 0.250. The van der Waals surface area contributed by atoms with E-state index in [4.69, 9.17) is 22.6 Å². The second-order valence-corrected chi connectivity index (χ2v) is 7.16. The molecule has 2 N–H and O–H groups in total. The molecule has 0 aliphatic heterocycles. The monoisotopic (exact) mass is 356 g/mol. The number of thiophene rings is 1. The number of nitrogens with two attached hydrogens (primary N) is 1. The summed E-state index contributed by atoms with van der Waals surface area (Å²) >= 11 is 11.0. The Kier molecular flexibility index (Phi) is 4.21. The molecule has 4 nitrogen and oxygen atoms in total. The van der Waals surface area contributed by atoms with Crippen molar-refractivity contribution in [1.82, 2.24) is 9.97 Å². The number of nitriles is 1. The molecule has 2 aromatic rings. The van der Waals surface area contributed by atoms with Crippen LogP contribution in [0.2, 0.25) is 5.02 Å². The molecule has 2 aromatic heterocycles. The third-order valence-electron chi connectivity index (χ3n) is 2.63. The van der Waals surface area contributed by atoms with Crippen LogP contribution in [0.4, 0.5) is 0 Å². The van der Waals surface area contributed by atoms with E-state index in [2.05, 4.69) is 32.0 Å². The zero-order valence-electron chi connectivity index (χ0n) is 10.0. The second-order valence-electron chi connectivity index (χ2n) is 4.32. The van der Waals surface area contributed by atoms with Crippen LogP contribution in [0.1, 0.15) is 23.1 Å². The van der Waals surface area contributed by atoms with E-state index in [1.807, 2.05) is 13.0 Å². The van der Waals surface area contributed by atoms with E-state index >= 15 is 0 Å². The van der Waals surface area contributed by atoms with Gasteiger partial charge in [0.05, 0.1) is 25.6 Å². The second kappa shape index (κ2) is 5.55. The van der Waals surface area contributed by atoms with Crippen molar-refractivity contribution < 1.29 is 0 Å². The Hall–Kier alpha value is -1.00. The molecular formula is C12H10BrClN4S. The molecule has 0 radical (unpaired) electrons. The molecule has 98 valence electrons. The van der Waals surface area contributed by atoms with Crippen LogP contribution < -0.4 is 5.73 Å². The van der Waals surface area contributed by atoms with E-state index in [-0.39, 0.29) is 0 Å². The molecule has 0 spiro atoms. The molecule has 0 unspecified atom stereocenters. The first kappa shape index (κ1) is 14.4. The fourth-order valence-corrected chi connectivity index (χ4v) is 3.93. The van der Waals surface area contributed by atoms with Gasteiger partial charge in [0.25, 0.3) is 0 Å². The van der Waals surface area contributed by atoms with Crippen molar-refractivity contribution in [1.29, 1.82) is 5.26 Å². The Morgan fingerprint density at radius 3 is 2.95 bits per heavy atom. The summed E-state index contributed by atoms with van der Waals surface area (Å²) in [5.41, 5.74) is 6.72. The lowest BCUT2D eigenvalue weighted by molar-refractivity contribution is 0.494. The third kappa shape index (κ3) is 3.12. The van der Waals surface area contributed by atoms with Crippen LogP contribution in [0.5, 0.6) is 0 Å². The normalized spacial score (nSPS) is 13.8. The molecule has 0 fully saturated rings. The SMILES string of the molecule is C[C@](N)(Cc1ncncc1C#N)c1sc(Br)cc1Cl. The summed E-state index contributed by atoms with van der Waals surface area (Å²) in [6.07, 6.45) is 3.33. The smallest absolute Gasteiger partial charge is 0.115 e. The van der Waals surface area contributed by atoms with Gasteiger partial charge >= 0.3 is 0 Å². The molecule has 0 aromatic carbocycles. The summed E-state index contributed by atoms with van der Waals surface area (Å²) in [7, 11) is 0. The zero-order chi connectivity index (χ0) is 14.0. The van der Waals surface area contributed by atoms with Gasteiger partial charge in [-0.25, -0.2) is 9.97 Å². The molecule has 19 heavy (non-hydrogen) atoms. The molecule has 2 heterocycles. The fourth-order valence-electron chi connectivity index (χ4n) is 1.75. The highest BCUT2D eigenvalue weighted by molar-refractivity contribution is 9.11. The number of nitrogens with zero attached hydrogens (tertiary/aromatic N) is 3. The average molecular weight is 358 g/mol. The van der Waals surface area contributed by atoms with Crippen molar-refractivity contribution in [3.05, 3.63) is 43.5 Å². The van der Waals surface area contributed by atoms with Gasteiger partial charge in [-0.15, -0.1) is 11.3 Å². The standard InChI is InChI=1S/C12H10BrClN4S/c1-12(16,11-8(14)2-10(13)19-11)3-9-7(4-15)5-17-6-18-9/h2,5-6H,3,16H2,1H3/t12-/m0/s1. The number of aromatic nitrogens is 2. The van der Waals surface area contributed by atoms with Crippen LogP contribution in [0.25, 0.3) is 0 Å². The highest BCUT2D eigenvalue weighted by Crippen LogP contribution is 2.38. The van der Waals surface area contributed by atoms with Gasteiger partial charge in [-0.05, 0) is 28.9 Å². The highest BCUT2D eigenvalue weighted by atomic mass is 79.9. The van der Waals surface area contributed by atoms with Crippen molar-refractivity contribution in [3.8, 4) is 6.07 Å². The van der Waals surface area contributed by atoms with Crippen LogP contribution in [0.3, 0.4) is 0 Å². The molecule has 7 heteroatoms. The average Bonchev–Trinajstić information content (AvgIpc) is 2.69. The van der Waals surface area contributed by atoms with Gasteiger partial charge < -0.3 is 5.73 Å². The molecular weight excluding hydrogens is 348 g/mol. The molecule has 1 atom stereocenters. The minimum atomic E-state index is -0.687. The van der Waals surface area contributed by atoms with E-state index in [1.165, 1.54) is 23.9 Å². The Bertz CT molecular complexity index is 647. The summed E-state index contributed by atoms with van der Waals surface area (Å²) in [5.74, 6) is 0. The van der Waals surface area contributed by atoms with Crippen molar-refractivity contribution in [2.24, 2.45) is 5.73 Å². The maximum absolute atomic E-state index is 9.04. The van der Waals surface area contributed by atoms with E-state index in [9.17, 15) is 0 Å². The minimum absolute atomic E-state index is 0.422. The lowest BCUT2D eigenvalue weighted by Crippen LogP contribution is -2.35. The van der Waals surface area contributed by atoms with Crippen LogP contribution in [0.15, 0.2) is 22.4 Å². The molecule has 0 aliphatic carbocycles. The largest absolute Gasteiger partial charge is 0.321 e. The Labute approximate surface area is 128 Å². The highest BCUT2D eigenvalue weighted by Gasteiger charge is 2.28. The van der Waals surface area contributed by atoms with Gasteiger partial charge in [0, 0.05) is 17.5 Å². The topological polar surface area (TPSA) is 75.6 Å². The first-order valence-electron chi connectivity index (χ1n) is 5.37. The van der Waals surface area contributed by atoms with E-state index in [0.717, 1.165) is 8.66 Å². The van der Waals surface area contributed by atoms with Crippen LogP contribution in [-0.4, -0.2) is 9.97 Å². The quantitative estimate of drug-likeness (QED) is 0.915. The van der Waals surface area contributed by atoms with E-state index < -0.39 is 5.54 Å². The van der Waals surface area contributed by atoms with Gasteiger partial charge in [0.1, 0.15) is 12.4 Å². The maximum atomic E-state index is 9.04. The summed E-state index contributed by atoms with van der Waals surface area (Å²) in [5, 5.41) is 9.66. The molecule has 0 saturated carbocycles. The van der Waals surface area contributed by atoms with Crippen LogP contribution in [0, 0.1) is 11.3 Å². The Morgan fingerprint density at radius 2 is 2.37 bits per heavy atom. The first-order chi connectivity index (χ1) is 8.94. The number of hydrogen-bond acceptors (Lipinski definition) is 5. The Morgan fingerprint density at radius 1 is 1.63 bits per heavy atom. The van der Waals surface area contributed by atoms with Crippen molar-refractivity contribution >= 4 is 38.9 Å². The summed E-state index contributed by atoms with van der Waals surface area (Å²) < 4.78 is 0.923. The summed E-state index contributed by atoms with van der Waals surface area (Å²) in [6, 6.07) is 3.89. The lowest BCUT2D eigenvalue weighted by Gasteiger charge is -2.23. The van der Waals surface area contributed by atoms with Gasteiger partial charge in [0.2, 0.25) is 0 Å². The van der Waals surface area contributed by atoms with Gasteiger partial charge in [-0.1, -0.05) is 11.6 Å². The lowest BCUT2D eigenvalue weighted by atomic mass is 9.93. The maximum Gasteiger partial charge on any atom is 0.115 e. The first-order valence-corrected chi connectivity index (χ1v) is 7.36. The predicted molar refractivity (Wildman–Crippen MR) is 79.0 cm³/mol. The van der Waals surface area contributed by atoms with Crippen molar-refractivity contribution in [3.63, 3.8) is 0 Å². The van der Waals surface area contributed by atoms with E-state index in [0.29, 0.717) is 22.7 Å². The van der Waals surface area contributed by atoms with Crippen LogP contribution >= 0.6 is 38.9 Å². The van der Waals surface area contributed by atoms with Crippen LogP contribution in [-0.2, 0) is 12.0 Å². The molecule has 0 saturated heterocycles. The molecule has 2 rings (SSSR count). The van der Waals surface area contributed by atoms with Gasteiger partial charge in [-0.3, -0.25) is 0 Å². The van der Waals surface area contributed by atoms with E-state index in [1.54, 1.807) is 0 Å². The minimum Gasteiger partial charge on any atom is -0.321 e.